The molecule has 1 amide bonds. The maximum atomic E-state index is 11.5. The van der Waals surface area contributed by atoms with E-state index in [1.165, 1.54) is 0 Å². The van der Waals surface area contributed by atoms with E-state index in [1.807, 2.05) is 40.2 Å². The van der Waals surface area contributed by atoms with Gasteiger partial charge in [0.25, 0.3) is 5.91 Å². The van der Waals surface area contributed by atoms with Gasteiger partial charge < -0.3 is 16.9 Å². The van der Waals surface area contributed by atoms with E-state index in [1.54, 1.807) is 12.4 Å². The fourth-order valence-corrected chi connectivity index (χ4v) is 1.27. The summed E-state index contributed by atoms with van der Waals surface area (Å²) in [7, 11) is 5.87. The minimum Gasteiger partial charge on any atom is -1.00 e. The van der Waals surface area contributed by atoms with Crippen LogP contribution < -0.4 is 17.8 Å². The molecule has 0 bridgehead atoms. The summed E-state index contributed by atoms with van der Waals surface area (Å²) in [6.07, 6.45) is 3.39. The largest absolute Gasteiger partial charge is 1.00 e. The van der Waals surface area contributed by atoms with Crippen LogP contribution in [-0.4, -0.2) is 48.8 Å². The molecule has 0 saturated carbocycles. The monoisotopic (exact) mass is 270 g/mol. The third-order valence-corrected chi connectivity index (χ3v) is 2.06. The second-order valence-electron chi connectivity index (χ2n) is 4.92. The molecule has 18 heavy (non-hydrogen) atoms. The minimum absolute atomic E-state index is 0. The number of likely N-dealkylation sites (N-methyl/N-ethyl adjacent to an activating group) is 1. The summed E-state index contributed by atoms with van der Waals surface area (Å²) in [5, 5.41) is 4.06. The van der Waals surface area contributed by atoms with Crippen LogP contribution in [0.1, 0.15) is 12.5 Å². The molecule has 100 valence electrons. The van der Waals surface area contributed by atoms with Crippen molar-refractivity contribution in [2.75, 3.05) is 27.7 Å². The van der Waals surface area contributed by atoms with E-state index in [0.29, 0.717) is 11.0 Å². The molecule has 1 N–H and O–H groups in total. The molecule has 0 fully saturated rings. The van der Waals surface area contributed by atoms with Gasteiger partial charge in [0.15, 0.2) is 6.54 Å². The lowest BCUT2D eigenvalue weighted by Crippen LogP contribution is -3.00. The van der Waals surface area contributed by atoms with Crippen molar-refractivity contribution in [3.05, 3.63) is 30.1 Å². The Hall–Kier alpha value is -1.46. The van der Waals surface area contributed by atoms with Crippen LogP contribution >= 0.6 is 0 Å². The van der Waals surface area contributed by atoms with Crippen LogP contribution in [0.3, 0.4) is 0 Å². The predicted molar refractivity (Wildman–Crippen MR) is 67.5 cm³/mol. The lowest BCUT2D eigenvalue weighted by molar-refractivity contribution is -0.862. The van der Waals surface area contributed by atoms with E-state index in [0.717, 1.165) is 11.3 Å². The summed E-state index contributed by atoms with van der Waals surface area (Å²) in [5.41, 5.74) is 4.27. The number of carbonyl (C=O) groups is 1. The Kier molecular flexibility index (Phi) is 6.51. The summed E-state index contributed by atoms with van der Waals surface area (Å²) in [5.74, 6) is -0.0918. The quantitative estimate of drug-likeness (QED) is 0.378. The molecule has 0 radical (unpaired) electrons. The number of quaternary nitrogens is 1. The van der Waals surface area contributed by atoms with Crippen molar-refractivity contribution in [2.45, 2.75) is 6.92 Å². The summed E-state index contributed by atoms with van der Waals surface area (Å²) < 4.78 is 0.579. The van der Waals surface area contributed by atoms with Gasteiger partial charge in [0.1, 0.15) is 0 Å². The topological polar surface area (TPSA) is 54.4 Å². The van der Waals surface area contributed by atoms with Crippen LogP contribution in [0, 0.1) is 0 Å². The van der Waals surface area contributed by atoms with Crippen LogP contribution in [-0.2, 0) is 4.79 Å². The average molecular weight is 271 g/mol. The second kappa shape index (κ2) is 7.08. The summed E-state index contributed by atoms with van der Waals surface area (Å²) in [6, 6.07) is 3.70. The molecular formula is C12H19ClN4O. The van der Waals surface area contributed by atoms with E-state index in [2.05, 4.69) is 15.5 Å². The standard InChI is InChI=1S/C12H18N4O.ClH/c1-10(11-5-7-13-8-6-11)14-15-12(17)9-16(2,3)4;/h5-8H,9H2,1-4H3;1H. The first-order chi connectivity index (χ1) is 7.88. The molecule has 0 spiro atoms. The van der Waals surface area contributed by atoms with Crippen molar-refractivity contribution in [3.63, 3.8) is 0 Å². The Morgan fingerprint density at radius 3 is 2.39 bits per heavy atom. The highest BCUT2D eigenvalue weighted by molar-refractivity contribution is 5.99. The maximum Gasteiger partial charge on any atom is 0.295 e. The van der Waals surface area contributed by atoms with Gasteiger partial charge >= 0.3 is 0 Å². The van der Waals surface area contributed by atoms with Gasteiger partial charge in [-0.1, -0.05) is 0 Å². The molecule has 0 saturated heterocycles. The minimum atomic E-state index is -0.0918. The molecule has 1 heterocycles. The third kappa shape index (κ3) is 6.32. The Morgan fingerprint density at radius 2 is 1.89 bits per heavy atom. The number of rotatable bonds is 4. The van der Waals surface area contributed by atoms with Gasteiger partial charge in [0.2, 0.25) is 0 Å². The van der Waals surface area contributed by atoms with E-state index in [9.17, 15) is 4.79 Å². The molecule has 1 aromatic heterocycles. The summed E-state index contributed by atoms with van der Waals surface area (Å²) in [4.78, 5) is 15.5. The molecular weight excluding hydrogens is 252 g/mol. The average Bonchev–Trinajstić information content (AvgIpc) is 2.25. The first kappa shape index (κ1) is 16.5. The van der Waals surface area contributed by atoms with Gasteiger partial charge in [-0.2, -0.15) is 5.10 Å². The van der Waals surface area contributed by atoms with Gasteiger partial charge in [-0.25, -0.2) is 5.43 Å². The van der Waals surface area contributed by atoms with E-state index < -0.39 is 0 Å². The molecule has 0 aliphatic carbocycles. The highest BCUT2D eigenvalue weighted by Gasteiger charge is 2.13. The van der Waals surface area contributed by atoms with Crippen molar-refractivity contribution in [3.8, 4) is 0 Å². The fraction of sp³-hybridized carbons (Fsp3) is 0.417. The summed E-state index contributed by atoms with van der Waals surface area (Å²) >= 11 is 0. The third-order valence-electron chi connectivity index (χ3n) is 2.06. The number of nitrogens with zero attached hydrogens (tertiary/aromatic N) is 3. The Bertz CT molecular complexity index is 412. The van der Waals surface area contributed by atoms with Gasteiger partial charge in [-0.15, -0.1) is 0 Å². The SMILES string of the molecule is CC(=NNC(=O)C[N+](C)(C)C)c1ccncc1.[Cl-]. The number of nitrogens with one attached hydrogen (secondary N) is 1. The molecule has 1 aromatic rings. The zero-order valence-corrected chi connectivity index (χ0v) is 11.9. The number of hydrazone groups is 1. The number of pyridine rings is 1. The van der Waals surface area contributed by atoms with E-state index in [-0.39, 0.29) is 18.3 Å². The molecule has 6 heteroatoms. The van der Waals surface area contributed by atoms with E-state index in [4.69, 9.17) is 0 Å². The molecule has 5 nitrogen and oxygen atoms in total. The Labute approximate surface area is 114 Å². The molecule has 1 rings (SSSR count). The molecule has 0 atom stereocenters. The Balaban J connectivity index is 0.00000289. The van der Waals surface area contributed by atoms with Crippen LogP contribution in [0.5, 0.6) is 0 Å². The predicted octanol–water partition coefficient (Wildman–Crippen LogP) is -2.37. The van der Waals surface area contributed by atoms with Gasteiger partial charge in [-0.05, 0) is 19.1 Å². The van der Waals surface area contributed by atoms with Gasteiger partial charge in [0.05, 0.1) is 26.9 Å². The Morgan fingerprint density at radius 1 is 1.33 bits per heavy atom. The van der Waals surface area contributed by atoms with E-state index >= 15 is 0 Å². The van der Waals surface area contributed by atoms with Crippen molar-refractivity contribution >= 4 is 11.6 Å². The number of hydrogen-bond donors (Lipinski definition) is 1. The van der Waals surface area contributed by atoms with Crippen molar-refractivity contribution in [2.24, 2.45) is 5.10 Å². The summed E-state index contributed by atoms with van der Waals surface area (Å²) in [6.45, 7) is 2.24. The first-order valence-corrected chi connectivity index (χ1v) is 5.42. The van der Waals surface area contributed by atoms with Crippen LogP contribution in [0.2, 0.25) is 0 Å². The fourth-order valence-electron chi connectivity index (χ4n) is 1.27. The first-order valence-electron chi connectivity index (χ1n) is 5.42. The smallest absolute Gasteiger partial charge is 0.295 e. The zero-order chi connectivity index (χ0) is 12.9. The normalized spacial score (nSPS) is 11.7. The highest BCUT2D eigenvalue weighted by atomic mass is 35.5. The molecule has 0 aliphatic heterocycles. The van der Waals surface area contributed by atoms with Crippen LogP contribution in [0.4, 0.5) is 0 Å². The maximum absolute atomic E-state index is 11.5. The zero-order valence-electron chi connectivity index (χ0n) is 11.1. The van der Waals surface area contributed by atoms with Gasteiger partial charge in [-0.3, -0.25) is 9.78 Å². The van der Waals surface area contributed by atoms with Gasteiger partial charge in [0, 0.05) is 18.0 Å². The number of carbonyl (C=O) groups excluding carboxylic acids is 1. The van der Waals surface area contributed by atoms with Crippen molar-refractivity contribution in [1.29, 1.82) is 0 Å². The van der Waals surface area contributed by atoms with Crippen LogP contribution in [0.15, 0.2) is 29.6 Å². The van der Waals surface area contributed by atoms with Crippen molar-refractivity contribution in [1.82, 2.24) is 10.4 Å². The molecule has 0 aromatic carbocycles. The number of amides is 1. The number of halogens is 1. The lowest BCUT2D eigenvalue weighted by atomic mass is 10.2. The number of aromatic nitrogens is 1. The molecule has 0 unspecified atom stereocenters. The van der Waals surface area contributed by atoms with Crippen LogP contribution in [0.25, 0.3) is 0 Å². The van der Waals surface area contributed by atoms with Crippen molar-refractivity contribution < 1.29 is 21.7 Å². The highest BCUT2D eigenvalue weighted by Crippen LogP contribution is 1.98. The second-order valence-corrected chi connectivity index (χ2v) is 4.92. The molecule has 0 aliphatic rings. The number of hydrogen-bond acceptors (Lipinski definition) is 3. The lowest BCUT2D eigenvalue weighted by Gasteiger charge is -2.22.